The number of hydrogen-bond acceptors (Lipinski definition) is 7. The number of thiazole rings is 1. The quantitative estimate of drug-likeness (QED) is 0.607. The highest BCUT2D eigenvalue weighted by Gasteiger charge is 2.22. The number of carbonyl (C=O) groups excluding carboxylic acids is 2. The van der Waals surface area contributed by atoms with Gasteiger partial charge in [-0.2, -0.15) is 0 Å². The minimum absolute atomic E-state index is 0.0789. The van der Waals surface area contributed by atoms with E-state index in [2.05, 4.69) is 21.6 Å². The van der Waals surface area contributed by atoms with Gasteiger partial charge >= 0.3 is 12.1 Å². The number of rotatable bonds is 6. The lowest BCUT2D eigenvalue weighted by molar-refractivity contribution is -0.153. The second-order valence-electron chi connectivity index (χ2n) is 3.24. The molecule has 0 aromatic carbocycles. The molecule has 1 amide bonds. The Morgan fingerprint density at radius 3 is 3.00 bits per heavy atom. The fourth-order valence-corrected chi connectivity index (χ4v) is 1.78. The lowest BCUT2D eigenvalue weighted by Gasteiger charge is -2.06. The second kappa shape index (κ2) is 7.49. The number of amides is 1. The molecule has 0 aliphatic rings. The van der Waals surface area contributed by atoms with Crippen molar-refractivity contribution in [2.45, 2.75) is 13.0 Å². The molecule has 0 saturated carbocycles. The fraction of sp³-hybridized carbons (Fsp3) is 0.364. The molecule has 0 radical (unpaired) electrons. The largest absolute Gasteiger partial charge is 0.464 e. The molecule has 8 heteroatoms. The summed E-state index contributed by atoms with van der Waals surface area (Å²) in [6.45, 7) is 5.28. The van der Waals surface area contributed by atoms with Crippen molar-refractivity contribution >= 4 is 28.5 Å². The molecule has 19 heavy (non-hydrogen) atoms. The molecule has 1 aromatic rings. The zero-order chi connectivity index (χ0) is 14.3. The van der Waals surface area contributed by atoms with Gasteiger partial charge in [0.15, 0.2) is 11.2 Å². The van der Waals surface area contributed by atoms with Crippen LogP contribution in [0, 0.1) is 0 Å². The predicted molar refractivity (Wildman–Crippen MR) is 68.9 cm³/mol. The highest BCUT2D eigenvalue weighted by atomic mass is 32.1. The number of ether oxygens (including phenoxy) is 2. The first kappa shape index (κ1) is 15.1. The third-order valence-corrected chi connectivity index (χ3v) is 2.63. The van der Waals surface area contributed by atoms with Crippen LogP contribution in [0.4, 0.5) is 9.93 Å². The Labute approximate surface area is 113 Å². The summed E-state index contributed by atoms with van der Waals surface area (Å²) >= 11 is 1.06. The number of carbonyl (C=O) groups is 2. The van der Waals surface area contributed by atoms with E-state index in [0.717, 1.165) is 11.3 Å². The van der Waals surface area contributed by atoms with E-state index in [4.69, 9.17) is 4.74 Å². The van der Waals surface area contributed by atoms with Crippen molar-refractivity contribution in [3.63, 3.8) is 0 Å². The van der Waals surface area contributed by atoms with Crippen molar-refractivity contribution in [3.05, 3.63) is 23.7 Å². The van der Waals surface area contributed by atoms with E-state index in [0.29, 0.717) is 0 Å². The van der Waals surface area contributed by atoms with Crippen LogP contribution in [-0.2, 0) is 14.3 Å². The second-order valence-corrected chi connectivity index (χ2v) is 4.10. The molecule has 1 aromatic heterocycles. The molecule has 0 aliphatic carbocycles. The lowest BCUT2D eigenvalue weighted by Crippen LogP contribution is -2.16. The van der Waals surface area contributed by atoms with Crippen LogP contribution in [0.1, 0.15) is 18.7 Å². The lowest BCUT2D eigenvalue weighted by atomic mass is 10.3. The van der Waals surface area contributed by atoms with Gasteiger partial charge in [-0.15, -0.1) is 11.3 Å². The van der Waals surface area contributed by atoms with Gasteiger partial charge in [-0.1, -0.05) is 12.7 Å². The smallest absolute Gasteiger partial charge is 0.413 e. The molecule has 0 aliphatic heterocycles. The summed E-state index contributed by atoms with van der Waals surface area (Å²) in [6.07, 6.45) is -0.723. The van der Waals surface area contributed by atoms with Crippen molar-refractivity contribution in [1.82, 2.24) is 4.98 Å². The average molecular weight is 286 g/mol. The van der Waals surface area contributed by atoms with Crippen molar-refractivity contribution in [2.75, 3.05) is 18.5 Å². The summed E-state index contributed by atoms with van der Waals surface area (Å²) in [5.41, 5.74) is 0.113. The molecule has 7 nitrogen and oxygen atoms in total. The molecule has 0 fully saturated rings. The topological polar surface area (TPSA) is 97.8 Å². The van der Waals surface area contributed by atoms with E-state index in [1.54, 1.807) is 6.92 Å². The van der Waals surface area contributed by atoms with Crippen molar-refractivity contribution in [1.29, 1.82) is 0 Å². The number of nitrogens with zero attached hydrogens (tertiary/aromatic N) is 1. The first-order valence-electron chi connectivity index (χ1n) is 5.43. The standard InChI is InChI=1S/C11H14N2O5S/c1-3-5-18-11(16)13-10-12-7(6-19-10)8(14)9(15)17-4-2/h3,6,8,14H,1,4-5H2,2H3,(H,12,13,16). The summed E-state index contributed by atoms with van der Waals surface area (Å²) < 4.78 is 9.35. The number of nitrogens with one attached hydrogen (secondary N) is 1. The van der Waals surface area contributed by atoms with Crippen LogP contribution in [0.3, 0.4) is 0 Å². The Kier molecular flexibility index (Phi) is 5.97. The van der Waals surface area contributed by atoms with E-state index in [1.165, 1.54) is 11.5 Å². The number of anilines is 1. The predicted octanol–water partition coefficient (Wildman–Crippen LogP) is 1.47. The number of aliphatic hydroxyl groups excluding tert-OH is 1. The highest BCUT2D eigenvalue weighted by molar-refractivity contribution is 7.13. The summed E-state index contributed by atoms with van der Waals surface area (Å²) in [7, 11) is 0. The molecule has 1 unspecified atom stereocenters. The molecule has 1 rings (SSSR count). The first-order valence-corrected chi connectivity index (χ1v) is 6.31. The normalized spacial score (nSPS) is 11.5. The van der Waals surface area contributed by atoms with Gasteiger partial charge < -0.3 is 14.6 Å². The average Bonchev–Trinajstić information content (AvgIpc) is 2.84. The van der Waals surface area contributed by atoms with E-state index < -0.39 is 18.2 Å². The van der Waals surface area contributed by atoms with E-state index in [-0.39, 0.29) is 24.0 Å². The van der Waals surface area contributed by atoms with Gasteiger partial charge in [0.1, 0.15) is 6.61 Å². The minimum Gasteiger partial charge on any atom is -0.464 e. The summed E-state index contributed by atoms with van der Waals surface area (Å²) in [6, 6.07) is 0. The maximum absolute atomic E-state index is 11.3. The maximum Gasteiger partial charge on any atom is 0.413 e. The molecule has 0 saturated heterocycles. The third kappa shape index (κ3) is 4.68. The van der Waals surface area contributed by atoms with Crippen LogP contribution < -0.4 is 5.32 Å². The SMILES string of the molecule is C=CCOC(=O)Nc1nc(C(O)C(=O)OCC)cs1. The van der Waals surface area contributed by atoms with Crippen molar-refractivity contribution < 1.29 is 24.2 Å². The first-order chi connectivity index (χ1) is 9.08. The Bertz CT molecular complexity index is 460. The molecular weight excluding hydrogens is 272 g/mol. The van der Waals surface area contributed by atoms with Crippen LogP contribution in [-0.4, -0.2) is 35.4 Å². The van der Waals surface area contributed by atoms with Crippen LogP contribution in [0.5, 0.6) is 0 Å². The van der Waals surface area contributed by atoms with Gasteiger partial charge in [-0.25, -0.2) is 14.6 Å². The van der Waals surface area contributed by atoms with Crippen LogP contribution in [0.15, 0.2) is 18.0 Å². The van der Waals surface area contributed by atoms with Gasteiger partial charge in [0.2, 0.25) is 0 Å². The minimum atomic E-state index is -1.46. The number of esters is 1. The van der Waals surface area contributed by atoms with Gasteiger partial charge in [0.05, 0.1) is 12.3 Å². The van der Waals surface area contributed by atoms with E-state index >= 15 is 0 Å². The maximum atomic E-state index is 11.3. The number of aliphatic hydroxyl groups is 1. The van der Waals surface area contributed by atoms with E-state index in [9.17, 15) is 14.7 Å². The molecular formula is C11H14N2O5S. The van der Waals surface area contributed by atoms with Gasteiger partial charge in [-0.3, -0.25) is 5.32 Å². The van der Waals surface area contributed by atoms with Crippen molar-refractivity contribution in [2.24, 2.45) is 0 Å². The Hall–Kier alpha value is -1.93. The Morgan fingerprint density at radius 1 is 1.63 bits per heavy atom. The Balaban J connectivity index is 2.59. The fourth-order valence-electron chi connectivity index (χ4n) is 1.07. The highest BCUT2D eigenvalue weighted by Crippen LogP contribution is 2.21. The monoisotopic (exact) mass is 286 g/mol. The molecule has 1 atom stereocenters. The van der Waals surface area contributed by atoms with Gasteiger partial charge in [-0.05, 0) is 6.92 Å². The number of aromatic nitrogens is 1. The Morgan fingerprint density at radius 2 is 2.37 bits per heavy atom. The summed E-state index contributed by atoms with van der Waals surface area (Å²) in [5, 5.41) is 13.6. The zero-order valence-electron chi connectivity index (χ0n) is 10.3. The third-order valence-electron chi connectivity index (χ3n) is 1.85. The van der Waals surface area contributed by atoms with Crippen LogP contribution >= 0.6 is 11.3 Å². The molecule has 0 bridgehead atoms. The molecule has 0 spiro atoms. The van der Waals surface area contributed by atoms with Crippen molar-refractivity contribution in [3.8, 4) is 0 Å². The zero-order valence-corrected chi connectivity index (χ0v) is 11.1. The van der Waals surface area contributed by atoms with Crippen LogP contribution in [0.25, 0.3) is 0 Å². The molecule has 2 N–H and O–H groups in total. The summed E-state index contributed by atoms with van der Waals surface area (Å²) in [4.78, 5) is 26.4. The summed E-state index contributed by atoms with van der Waals surface area (Å²) in [5.74, 6) is -0.784. The van der Waals surface area contributed by atoms with Gasteiger partial charge in [0.25, 0.3) is 0 Å². The van der Waals surface area contributed by atoms with Crippen LogP contribution in [0.2, 0.25) is 0 Å². The molecule has 104 valence electrons. The molecule has 1 heterocycles. The van der Waals surface area contributed by atoms with E-state index in [1.807, 2.05) is 0 Å². The number of hydrogen-bond donors (Lipinski definition) is 2. The van der Waals surface area contributed by atoms with Gasteiger partial charge in [0, 0.05) is 5.38 Å².